The maximum absolute atomic E-state index is 13.5. The molecular formula is C13H8Cl2FNO2S. The highest BCUT2D eigenvalue weighted by atomic mass is 35.5. The van der Waals surface area contributed by atoms with Gasteiger partial charge in [-0.2, -0.15) is 4.39 Å². The normalized spacial score (nSPS) is 10.6. The molecule has 0 atom stereocenters. The van der Waals surface area contributed by atoms with Gasteiger partial charge in [0.2, 0.25) is 5.82 Å². The summed E-state index contributed by atoms with van der Waals surface area (Å²) in [6, 6.07) is 9.08. The Morgan fingerprint density at radius 1 is 1.15 bits per heavy atom. The second kappa shape index (κ2) is 6.43. The van der Waals surface area contributed by atoms with Gasteiger partial charge in [-0.1, -0.05) is 29.3 Å². The molecule has 0 N–H and O–H groups in total. The minimum Gasteiger partial charge on any atom is -0.258 e. The van der Waals surface area contributed by atoms with E-state index in [1.54, 1.807) is 18.2 Å². The molecule has 0 saturated heterocycles. The van der Waals surface area contributed by atoms with Crippen LogP contribution in [0.5, 0.6) is 0 Å². The van der Waals surface area contributed by atoms with Gasteiger partial charge < -0.3 is 0 Å². The Bertz CT molecular complexity index is 667. The van der Waals surface area contributed by atoms with Gasteiger partial charge in [0.1, 0.15) is 0 Å². The van der Waals surface area contributed by atoms with Crippen LogP contribution < -0.4 is 0 Å². The first-order valence-corrected chi connectivity index (χ1v) is 7.22. The van der Waals surface area contributed by atoms with E-state index in [0.717, 1.165) is 4.90 Å². The first kappa shape index (κ1) is 15.1. The van der Waals surface area contributed by atoms with Crippen LogP contribution in [-0.4, -0.2) is 4.92 Å². The summed E-state index contributed by atoms with van der Waals surface area (Å²) in [6.45, 7) is 0. The van der Waals surface area contributed by atoms with Gasteiger partial charge in [-0.25, -0.2) is 0 Å². The number of rotatable bonds is 4. The van der Waals surface area contributed by atoms with Crippen LogP contribution >= 0.6 is 35.0 Å². The molecule has 0 saturated carbocycles. The van der Waals surface area contributed by atoms with Crippen molar-refractivity contribution in [3.63, 3.8) is 0 Å². The van der Waals surface area contributed by atoms with Gasteiger partial charge in [0.25, 0.3) is 0 Å². The highest BCUT2D eigenvalue weighted by Crippen LogP contribution is 2.30. The van der Waals surface area contributed by atoms with E-state index in [-0.39, 0.29) is 0 Å². The van der Waals surface area contributed by atoms with Crippen molar-refractivity contribution in [3.05, 3.63) is 67.9 Å². The monoisotopic (exact) mass is 331 g/mol. The quantitative estimate of drug-likeness (QED) is 0.432. The molecule has 0 spiro atoms. The Hall–Kier alpha value is -1.30. The number of thioether (sulfide) groups is 1. The van der Waals surface area contributed by atoms with Crippen molar-refractivity contribution >= 4 is 40.7 Å². The summed E-state index contributed by atoms with van der Waals surface area (Å²) < 4.78 is 13.5. The molecule has 0 heterocycles. The summed E-state index contributed by atoms with van der Waals surface area (Å²) in [4.78, 5) is 10.7. The van der Waals surface area contributed by atoms with Crippen LogP contribution in [0.15, 0.2) is 41.3 Å². The van der Waals surface area contributed by atoms with Crippen LogP contribution in [0.4, 0.5) is 10.1 Å². The first-order valence-electron chi connectivity index (χ1n) is 5.48. The summed E-state index contributed by atoms with van der Waals surface area (Å²) in [6.07, 6.45) is 0. The molecule has 2 rings (SSSR count). The fourth-order valence-electron chi connectivity index (χ4n) is 1.52. The molecule has 104 valence electrons. The lowest BCUT2D eigenvalue weighted by atomic mass is 10.2. The largest absolute Gasteiger partial charge is 0.304 e. The molecule has 0 fully saturated rings. The highest BCUT2D eigenvalue weighted by Gasteiger charge is 2.13. The third-order valence-electron chi connectivity index (χ3n) is 2.51. The molecule has 0 aliphatic heterocycles. The SMILES string of the molecule is O=[N+]([O-])c1ccc(CSc2ccc(Cl)c(Cl)c2)cc1F. The van der Waals surface area contributed by atoms with Crippen LogP contribution in [-0.2, 0) is 5.75 Å². The topological polar surface area (TPSA) is 43.1 Å². The Morgan fingerprint density at radius 3 is 2.50 bits per heavy atom. The molecule has 20 heavy (non-hydrogen) atoms. The number of benzene rings is 2. The van der Waals surface area contributed by atoms with Crippen molar-refractivity contribution in [1.82, 2.24) is 0 Å². The fourth-order valence-corrected chi connectivity index (χ4v) is 2.76. The predicted octanol–water partition coefficient (Wildman–Crippen LogP) is 5.33. The number of nitrogens with zero attached hydrogens (tertiary/aromatic N) is 1. The standard InChI is InChI=1S/C13H8Cl2FNO2S/c14-10-3-2-9(6-11(10)15)20-7-8-1-4-13(17(18)19)12(16)5-8/h1-6H,7H2. The van der Waals surface area contributed by atoms with E-state index in [2.05, 4.69) is 0 Å². The lowest BCUT2D eigenvalue weighted by molar-refractivity contribution is -0.387. The maximum atomic E-state index is 13.5. The zero-order valence-corrected chi connectivity index (χ0v) is 12.3. The van der Waals surface area contributed by atoms with Crippen molar-refractivity contribution in [1.29, 1.82) is 0 Å². The van der Waals surface area contributed by atoms with Crippen LogP contribution in [0.3, 0.4) is 0 Å². The highest BCUT2D eigenvalue weighted by molar-refractivity contribution is 7.98. The van der Waals surface area contributed by atoms with E-state index in [1.165, 1.54) is 30.0 Å². The van der Waals surface area contributed by atoms with Crippen LogP contribution in [0.1, 0.15) is 5.56 Å². The zero-order chi connectivity index (χ0) is 14.7. The lowest BCUT2D eigenvalue weighted by Gasteiger charge is -2.04. The molecular weight excluding hydrogens is 324 g/mol. The summed E-state index contributed by atoms with van der Waals surface area (Å²) in [5.74, 6) is -0.352. The Balaban J connectivity index is 2.09. The smallest absolute Gasteiger partial charge is 0.258 e. The number of hydrogen-bond acceptors (Lipinski definition) is 3. The molecule has 0 bridgehead atoms. The van der Waals surface area contributed by atoms with E-state index in [1.807, 2.05) is 0 Å². The molecule has 0 aliphatic rings. The van der Waals surface area contributed by atoms with E-state index in [0.29, 0.717) is 21.4 Å². The average Bonchev–Trinajstić information content (AvgIpc) is 2.40. The second-order valence-corrected chi connectivity index (χ2v) is 5.77. The van der Waals surface area contributed by atoms with Crippen LogP contribution in [0, 0.1) is 15.9 Å². The van der Waals surface area contributed by atoms with Crippen molar-refractivity contribution < 1.29 is 9.31 Å². The van der Waals surface area contributed by atoms with Crippen LogP contribution in [0.2, 0.25) is 10.0 Å². The summed E-state index contributed by atoms with van der Waals surface area (Å²) in [7, 11) is 0. The second-order valence-electron chi connectivity index (χ2n) is 3.91. The van der Waals surface area contributed by atoms with Crippen LogP contribution in [0.25, 0.3) is 0 Å². The van der Waals surface area contributed by atoms with E-state index in [9.17, 15) is 14.5 Å². The minimum absolute atomic E-state index is 0.451. The van der Waals surface area contributed by atoms with Gasteiger partial charge in [0.15, 0.2) is 0 Å². The van der Waals surface area contributed by atoms with E-state index >= 15 is 0 Å². The summed E-state index contributed by atoms with van der Waals surface area (Å²) in [5.41, 5.74) is 0.137. The zero-order valence-electron chi connectivity index (χ0n) is 9.98. The molecule has 0 unspecified atom stereocenters. The molecule has 0 radical (unpaired) electrons. The van der Waals surface area contributed by atoms with Crippen molar-refractivity contribution in [2.75, 3.05) is 0 Å². The summed E-state index contributed by atoms with van der Waals surface area (Å²) in [5, 5.41) is 11.4. The molecule has 2 aromatic carbocycles. The Kier molecular flexibility index (Phi) is 4.86. The third kappa shape index (κ3) is 3.62. The van der Waals surface area contributed by atoms with Crippen molar-refractivity contribution in [3.8, 4) is 0 Å². The van der Waals surface area contributed by atoms with Gasteiger partial charge in [0, 0.05) is 16.7 Å². The number of nitro benzene ring substituents is 1. The molecule has 2 aromatic rings. The fraction of sp³-hybridized carbons (Fsp3) is 0.0769. The third-order valence-corrected chi connectivity index (χ3v) is 4.31. The molecule has 0 aromatic heterocycles. The predicted molar refractivity (Wildman–Crippen MR) is 79.1 cm³/mol. The van der Waals surface area contributed by atoms with Crippen molar-refractivity contribution in [2.24, 2.45) is 0 Å². The van der Waals surface area contributed by atoms with Gasteiger partial charge >= 0.3 is 5.69 Å². The average molecular weight is 332 g/mol. The minimum atomic E-state index is -0.831. The Morgan fingerprint density at radius 2 is 1.90 bits per heavy atom. The molecule has 0 aliphatic carbocycles. The number of hydrogen-bond donors (Lipinski definition) is 0. The van der Waals surface area contributed by atoms with Gasteiger partial charge in [0.05, 0.1) is 15.0 Å². The maximum Gasteiger partial charge on any atom is 0.304 e. The van der Waals surface area contributed by atoms with Gasteiger partial charge in [-0.15, -0.1) is 11.8 Å². The molecule has 7 heteroatoms. The first-order chi connectivity index (χ1) is 9.47. The molecule has 0 amide bonds. The van der Waals surface area contributed by atoms with Crippen molar-refractivity contribution in [2.45, 2.75) is 10.6 Å². The number of halogens is 3. The summed E-state index contributed by atoms with van der Waals surface area (Å²) >= 11 is 13.1. The number of nitro groups is 1. The van der Waals surface area contributed by atoms with E-state index in [4.69, 9.17) is 23.2 Å². The van der Waals surface area contributed by atoms with Gasteiger partial charge in [-0.3, -0.25) is 10.1 Å². The Labute approximate surface area is 128 Å². The van der Waals surface area contributed by atoms with Gasteiger partial charge in [-0.05, 0) is 29.8 Å². The van der Waals surface area contributed by atoms with E-state index < -0.39 is 16.4 Å². The molecule has 3 nitrogen and oxygen atoms in total. The lowest BCUT2D eigenvalue weighted by Crippen LogP contribution is -1.93.